The first-order chi connectivity index (χ1) is 14.4. The van der Waals surface area contributed by atoms with Gasteiger partial charge in [-0.15, -0.1) is 0 Å². The van der Waals surface area contributed by atoms with Crippen LogP contribution in [0.15, 0.2) is 30.3 Å². The van der Waals surface area contributed by atoms with Crippen LogP contribution in [0.25, 0.3) is 11.3 Å². The molecule has 0 spiro atoms. The minimum absolute atomic E-state index is 0.0200. The van der Waals surface area contributed by atoms with Gasteiger partial charge in [-0.2, -0.15) is 5.10 Å². The molecule has 2 bridgehead atoms. The van der Waals surface area contributed by atoms with Gasteiger partial charge in [0.1, 0.15) is 11.5 Å². The Balaban J connectivity index is 1.37. The van der Waals surface area contributed by atoms with E-state index < -0.39 is 0 Å². The van der Waals surface area contributed by atoms with Crippen LogP contribution in [0.3, 0.4) is 0 Å². The number of imide groups is 1. The molecule has 5 rings (SSSR count). The van der Waals surface area contributed by atoms with E-state index in [1.807, 2.05) is 4.90 Å². The summed E-state index contributed by atoms with van der Waals surface area (Å²) in [5.74, 6) is -0.566. The molecule has 3 aliphatic rings. The lowest BCUT2D eigenvalue weighted by Gasteiger charge is -2.41. The third kappa shape index (κ3) is 3.02. The molecule has 156 valence electrons. The lowest BCUT2D eigenvalue weighted by molar-refractivity contribution is -0.142. The van der Waals surface area contributed by atoms with Gasteiger partial charge in [-0.3, -0.25) is 24.0 Å². The summed E-state index contributed by atoms with van der Waals surface area (Å²) in [6, 6.07) is 7.72. The van der Waals surface area contributed by atoms with E-state index in [-0.39, 0.29) is 41.7 Å². The number of piperidine rings is 1. The first-order valence-corrected chi connectivity index (χ1v) is 10.4. The van der Waals surface area contributed by atoms with Crippen LogP contribution in [0.2, 0.25) is 0 Å². The smallest absolute Gasteiger partial charge is 0.272 e. The Morgan fingerprint density at radius 1 is 1.00 bits per heavy atom. The van der Waals surface area contributed by atoms with Crippen LogP contribution in [0.4, 0.5) is 4.39 Å². The average molecular weight is 410 g/mol. The largest absolute Gasteiger partial charge is 0.331 e. The van der Waals surface area contributed by atoms with Crippen molar-refractivity contribution in [2.75, 3.05) is 0 Å². The van der Waals surface area contributed by atoms with Crippen LogP contribution < -0.4 is 0 Å². The van der Waals surface area contributed by atoms with Crippen LogP contribution in [0.1, 0.15) is 49.0 Å². The molecule has 2 unspecified atom stereocenters. The number of aryl methyl sites for hydroxylation is 1. The van der Waals surface area contributed by atoms with Crippen molar-refractivity contribution in [3.8, 4) is 11.3 Å². The Labute approximate surface area is 173 Å². The second-order valence-electron chi connectivity index (χ2n) is 8.43. The molecule has 3 saturated heterocycles. The lowest BCUT2D eigenvalue weighted by atomic mass is 9.95. The Morgan fingerprint density at radius 2 is 1.60 bits per heavy atom. The Bertz CT molecular complexity index is 1000. The number of rotatable bonds is 3. The van der Waals surface area contributed by atoms with E-state index in [1.165, 1.54) is 17.0 Å². The molecule has 30 heavy (non-hydrogen) atoms. The van der Waals surface area contributed by atoms with E-state index in [9.17, 15) is 18.8 Å². The molecule has 4 heterocycles. The summed E-state index contributed by atoms with van der Waals surface area (Å²) in [5.41, 5.74) is 1.85. The maximum Gasteiger partial charge on any atom is 0.272 e. The number of halogens is 1. The van der Waals surface area contributed by atoms with Gasteiger partial charge in [0.05, 0.1) is 5.69 Å². The number of aromatic nitrogens is 2. The highest BCUT2D eigenvalue weighted by Crippen LogP contribution is 2.40. The molecular formula is C22H23FN4O3. The van der Waals surface area contributed by atoms with Gasteiger partial charge in [-0.25, -0.2) is 4.39 Å². The minimum Gasteiger partial charge on any atom is -0.331 e. The molecule has 0 N–H and O–H groups in total. The molecule has 2 atom stereocenters. The topological polar surface area (TPSA) is 75.5 Å². The van der Waals surface area contributed by atoms with E-state index >= 15 is 0 Å². The number of carbonyl (C=O) groups is 3. The summed E-state index contributed by atoms with van der Waals surface area (Å²) in [4.78, 5) is 41.1. The van der Waals surface area contributed by atoms with Crippen molar-refractivity contribution in [3.63, 3.8) is 0 Å². The summed E-state index contributed by atoms with van der Waals surface area (Å²) < 4.78 is 14.8. The maximum absolute atomic E-state index is 13.4. The van der Waals surface area contributed by atoms with E-state index in [4.69, 9.17) is 0 Å². The van der Waals surface area contributed by atoms with Crippen LogP contribution in [-0.4, -0.2) is 55.4 Å². The van der Waals surface area contributed by atoms with Crippen molar-refractivity contribution >= 4 is 17.7 Å². The summed E-state index contributed by atoms with van der Waals surface area (Å²) >= 11 is 0. The quantitative estimate of drug-likeness (QED) is 0.729. The summed E-state index contributed by atoms with van der Waals surface area (Å²) in [6.07, 6.45) is 3.64. The predicted molar refractivity (Wildman–Crippen MR) is 106 cm³/mol. The number of amides is 3. The zero-order chi connectivity index (χ0) is 21.0. The fourth-order valence-corrected chi connectivity index (χ4v) is 5.25. The third-order valence-electron chi connectivity index (χ3n) is 6.64. The molecule has 0 radical (unpaired) electrons. The lowest BCUT2D eigenvalue weighted by Crippen LogP contribution is -2.53. The van der Waals surface area contributed by atoms with Gasteiger partial charge < -0.3 is 4.90 Å². The van der Waals surface area contributed by atoms with E-state index in [0.717, 1.165) is 18.4 Å². The van der Waals surface area contributed by atoms with Crippen LogP contribution in [-0.2, 0) is 16.6 Å². The molecular weight excluding hydrogens is 387 g/mol. The van der Waals surface area contributed by atoms with Gasteiger partial charge in [0.15, 0.2) is 0 Å². The van der Waals surface area contributed by atoms with Crippen LogP contribution >= 0.6 is 0 Å². The first-order valence-electron chi connectivity index (χ1n) is 10.4. The molecule has 3 fully saturated rings. The van der Waals surface area contributed by atoms with Crippen molar-refractivity contribution in [3.05, 3.63) is 41.8 Å². The average Bonchev–Trinajstić information content (AvgIpc) is 3.35. The zero-order valence-electron chi connectivity index (χ0n) is 16.8. The second-order valence-corrected chi connectivity index (χ2v) is 8.43. The standard InChI is InChI=1S/C22H23FN4O3/c1-25-19(12-18(24-25)13-2-4-14(23)5-3-13)22(30)26-15-6-7-16(26)11-17(10-15)27-20(28)8-9-21(27)29/h2-5,12,15-17H,6-11H2,1H3. The number of carbonyl (C=O) groups excluding carboxylic acids is 3. The molecule has 1 aromatic heterocycles. The van der Waals surface area contributed by atoms with Crippen LogP contribution in [0.5, 0.6) is 0 Å². The number of hydrogen-bond donors (Lipinski definition) is 0. The maximum atomic E-state index is 13.4. The van der Waals surface area contributed by atoms with Gasteiger partial charge in [-0.1, -0.05) is 0 Å². The van der Waals surface area contributed by atoms with Crippen molar-refractivity contribution in [2.24, 2.45) is 7.05 Å². The summed E-state index contributed by atoms with van der Waals surface area (Å²) in [6.45, 7) is 0. The Morgan fingerprint density at radius 3 is 2.20 bits per heavy atom. The normalized spacial score (nSPS) is 26.0. The van der Waals surface area contributed by atoms with Gasteiger partial charge in [0.2, 0.25) is 11.8 Å². The number of hydrogen-bond acceptors (Lipinski definition) is 4. The Kier molecular flexibility index (Phi) is 4.45. The van der Waals surface area contributed by atoms with Crippen molar-refractivity contribution < 1.29 is 18.8 Å². The molecule has 2 aromatic rings. The molecule has 3 aliphatic heterocycles. The zero-order valence-corrected chi connectivity index (χ0v) is 16.8. The fraction of sp³-hybridized carbons (Fsp3) is 0.455. The van der Waals surface area contributed by atoms with Crippen molar-refractivity contribution in [2.45, 2.75) is 56.7 Å². The van der Waals surface area contributed by atoms with Crippen LogP contribution in [0, 0.1) is 5.82 Å². The molecule has 8 heteroatoms. The highest BCUT2D eigenvalue weighted by molar-refractivity contribution is 6.02. The Hall–Kier alpha value is -3.03. The van der Waals surface area contributed by atoms with E-state index in [0.29, 0.717) is 37.1 Å². The minimum atomic E-state index is -0.319. The van der Waals surface area contributed by atoms with E-state index in [1.54, 1.807) is 29.9 Å². The first kappa shape index (κ1) is 19.0. The van der Waals surface area contributed by atoms with Crippen molar-refractivity contribution in [1.29, 1.82) is 0 Å². The molecule has 0 aliphatic carbocycles. The van der Waals surface area contributed by atoms with Gasteiger partial charge >= 0.3 is 0 Å². The third-order valence-corrected chi connectivity index (χ3v) is 6.64. The van der Waals surface area contributed by atoms with Gasteiger partial charge in [-0.05, 0) is 56.0 Å². The second kappa shape index (κ2) is 7.04. The fourth-order valence-electron chi connectivity index (χ4n) is 5.25. The van der Waals surface area contributed by atoms with E-state index in [2.05, 4.69) is 5.10 Å². The predicted octanol–water partition coefficient (Wildman–Crippen LogP) is 2.51. The molecule has 0 saturated carbocycles. The molecule has 1 aromatic carbocycles. The highest BCUT2D eigenvalue weighted by Gasteiger charge is 2.48. The highest BCUT2D eigenvalue weighted by atomic mass is 19.1. The molecule has 7 nitrogen and oxygen atoms in total. The summed E-state index contributed by atoms with van der Waals surface area (Å²) in [5, 5.41) is 4.44. The monoisotopic (exact) mass is 410 g/mol. The number of fused-ring (bicyclic) bond motifs is 2. The number of likely N-dealkylation sites (tertiary alicyclic amines) is 1. The van der Waals surface area contributed by atoms with Gasteiger partial charge in [0.25, 0.3) is 5.91 Å². The van der Waals surface area contributed by atoms with Gasteiger partial charge in [0, 0.05) is 43.6 Å². The molecule has 3 amide bonds. The number of nitrogens with zero attached hydrogens (tertiary/aromatic N) is 4. The SMILES string of the molecule is Cn1nc(-c2ccc(F)cc2)cc1C(=O)N1C2CCC1CC(N1C(=O)CCC1=O)C2. The summed E-state index contributed by atoms with van der Waals surface area (Å²) in [7, 11) is 1.73. The van der Waals surface area contributed by atoms with Crippen molar-refractivity contribution in [1.82, 2.24) is 19.6 Å². The number of benzene rings is 1.